The summed E-state index contributed by atoms with van der Waals surface area (Å²) in [5.74, 6) is -0.441. The lowest BCUT2D eigenvalue weighted by Crippen LogP contribution is -2.48. The fourth-order valence-electron chi connectivity index (χ4n) is 2.89. The first-order valence-corrected chi connectivity index (χ1v) is 8.60. The van der Waals surface area contributed by atoms with Gasteiger partial charge in [0.1, 0.15) is 12.1 Å². The van der Waals surface area contributed by atoms with E-state index in [4.69, 9.17) is 4.74 Å². The van der Waals surface area contributed by atoms with Crippen LogP contribution in [0.1, 0.15) is 46.5 Å². The van der Waals surface area contributed by atoms with Gasteiger partial charge >= 0.3 is 12.1 Å². The zero-order chi connectivity index (χ0) is 17.7. The van der Waals surface area contributed by atoms with E-state index in [9.17, 15) is 14.4 Å². The van der Waals surface area contributed by atoms with Gasteiger partial charge in [-0.3, -0.25) is 4.79 Å². The Bertz CT molecular complexity index is 483. The number of hydrogen-bond donors (Lipinski definition) is 1. The molecule has 2 aliphatic rings. The number of hydrazine groups is 1. The molecule has 2 saturated heterocycles. The fourth-order valence-corrected chi connectivity index (χ4v) is 2.89. The Morgan fingerprint density at radius 3 is 2.42 bits per heavy atom. The van der Waals surface area contributed by atoms with Gasteiger partial charge in [0, 0.05) is 6.54 Å². The number of carbonyl (C=O) groups is 3. The van der Waals surface area contributed by atoms with E-state index in [1.807, 2.05) is 0 Å². The van der Waals surface area contributed by atoms with Gasteiger partial charge < -0.3 is 14.5 Å². The van der Waals surface area contributed by atoms with Crippen LogP contribution in [-0.4, -0.2) is 71.2 Å². The molecule has 2 fully saturated rings. The summed E-state index contributed by atoms with van der Waals surface area (Å²) >= 11 is 0. The molecule has 0 bridgehead atoms. The molecule has 0 aromatic heterocycles. The molecule has 8 nitrogen and oxygen atoms in total. The smallest absolute Gasteiger partial charge is 0.427 e. The zero-order valence-electron chi connectivity index (χ0n) is 14.8. The standard InChI is InChI=1S/C16H28N4O4/c1-16(2,3)24-14(22)17-20-13(21)12-19(15(20)23)11-7-10-18-8-5-4-6-9-18/h4-12H2,1-3H3,(H,17,22). The van der Waals surface area contributed by atoms with Crippen LogP contribution in [0.5, 0.6) is 0 Å². The Hall–Kier alpha value is -1.83. The number of amides is 4. The number of piperidine rings is 1. The molecule has 24 heavy (non-hydrogen) atoms. The van der Waals surface area contributed by atoms with E-state index in [2.05, 4.69) is 10.3 Å². The lowest BCUT2D eigenvalue weighted by atomic mass is 10.1. The van der Waals surface area contributed by atoms with Crippen molar-refractivity contribution in [2.45, 2.75) is 52.1 Å². The van der Waals surface area contributed by atoms with Crippen LogP contribution in [0, 0.1) is 0 Å². The quantitative estimate of drug-likeness (QED) is 0.768. The molecule has 0 aromatic carbocycles. The van der Waals surface area contributed by atoms with E-state index in [-0.39, 0.29) is 6.54 Å². The highest BCUT2D eigenvalue weighted by atomic mass is 16.6. The summed E-state index contributed by atoms with van der Waals surface area (Å²) < 4.78 is 5.07. The first-order valence-electron chi connectivity index (χ1n) is 8.60. The molecule has 2 aliphatic heterocycles. The van der Waals surface area contributed by atoms with Gasteiger partial charge in [-0.25, -0.2) is 15.0 Å². The topological polar surface area (TPSA) is 82.2 Å². The lowest BCUT2D eigenvalue weighted by molar-refractivity contribution is -0.127. The number of urea groups is 1. The molecular formula is C16H28N4O4. The second-order valence-electron chi connectivity index (χ2n) is 7.30. The number of likely N-dealkylation sites (tertiary alicyclic amines) is 1. The summed E-state index contributed by atoms with van der Waals surface area (Å²) in [5.41, 5.74) is 1.54. The molecule has 1 N–H and O–H groups in total. The minimum Gasteiger partial charge on any atom is -0.443 e. The molecule has 136 valence electrons. The number of hydrogen-bond acceptors (Lipinski definition) is 5. The van der Waals surface area contributed by atoms with Crippen molar-refractivity contribution >= 4 is 18.0 Å². The summed E-state index contributed by atoms with van der Waals surface area (Å²) in [5, 5.41) is 0.745. The van der Waals surface area contributed by atoms with Crippen molar-refractivity contribution in [2.24, 2.45) is 0 Å². The van der Waals surface area contributed by atoms with E-state index in [1.54, 1.807) is 20.8 Å². The first-order chi connectivity index (χ1) is 11.3. The predicted octanol–water partition coefficient (Wildman–Crippen LogP) is 1.57. The average molecular weight is 340 g/mol. The minimum absolute atomic E-state index is 0.00533. The molecular weight excluding hydrogens is 312 g/mol. The summed E-state index contributed by atoms with van der Waals surface area (Å²) in [4.78, 5) is 39.8. The summed E-state index contributed by atoms with van der Waals surface area (Å²) in [6.45, 7) is 8.80. The highest BCUT2D eigenvalue weighted by Gasteiger charge is 2.37. The Kier molecular flexibility index (Phi) is 6.04. The number of ether oxygens (including phenoxy) is 1. The second kappa shape index (κ2) is 7.83. The van der Waals surface area contributed by atoms with Crippen LogP contribution in [-0.2, 0) is 9.53 Å². The number of nitrogens with zero attached hydrogens (tertiary/aromatic N) is 3. The lowest BCUT2D eigenvalue weighted by Gasteiger charge is -2.27. The monoisotopic (exact) mass is 340 g/mol. The highest BCUT2D eigenvalue weighted by Crippen LogP contribution is 2.13. The largest absolute Gasteiger partial charge is 0.443 e. The molecule has 8 heteroatoms. The molecule has 2 heterocycles. The van der Waals surface area contributed by atoms with Crippen molar-refractivity contribution in [2.75, 3.05) is 32.7 Å². The number of nitrogens with one attached hydrogen (secondary N) is 1. The first kappa shape index (κ1) is 18.5. The Morgan fingerprint density at radius 1 is 1.12 bits per heavy atom. The van der Waals surface area contributed by atoms with Gasteiger partial charge in [-0.1, -0.05) is 6.42 Å². The number of carbonyl (C=O) groups excluding carboxylic acids is 3. The summed E-state index contributed by atoms with van der Waals surface area (Å²) in [7, 11) is 0. The Morgan fingerprint density at radius 2 is 1.79 bits per heavy atom. The number of imide groups is 1. The van der Waals surface area contributed by atoms with Gasteiger partial charge in [0.25, 0.3) is 5.91 Å². The van der Waals surface area contributed by atoms with Gasteiger partial charge in [0.2, 0.25) is 0 Å². The van der Waals surface area contributed by atoms with E-state index in [1.165, 1.54) is 24.2 Å². The maximum Gasteiger partial charge on any atom is 0.427 e. The summed E-state index contributed by atoms with van der Waals surface area (Å²) in [6, 6.07) is -0.496. The average Bonchev–Trinajstić information content (AvgIpc) is 2.74. The minimum atomic E-state index is -0.806. The van der Waals surface area contributed by atoms with Crippen LogP contribution >= 0.6 is 0 Å². The predicted molar refractivity (Wildman–Crippen MR) is 88.1 cm³/mol. The van der Waals surface area contributed by atoms with E-state index in [0.29, 0.717) is 6.54 Å². The molecule has 0 aromatic rings. The molecule has 0 aliphatic carbocycles. The second-order valence-corrected chi connectivity index (χ2v) is 7.30. The van der Waals surface area contributed by atoms with Crippen molar-refractivity contribution < 1.29 is 19.1 Å². The Labute approximate surface area is 143 Å². The van der Waals surface area contributed by atoms with Gasteiger partial charge in [-0.05, 0) is 59.7 Å². The SMILES string of the molecule is CC(C)(C)OC(=O)NN1C(=O)CN(CCCN2CCCCC2)C1=O. The third-order valence-electron chi connectivity index (χ3n) is 3.99. The molecule has 0 atom stereocenters. The van der Waals surface area contributed by atoms with Crippen molar-refractivity contribution in [3.8, 4) is 0 Å². The maximum atomic E-state index is 12.2. The van der Waals surface area contributed by atoms with Crippen LogP contribution in [0.4, 0.5) is 9.59 Å². The van der Waals surface area contributed by atoms with E-state index < -0.39 is 23.6 Å². The van der Waals surface area contributed by atoms with E-state index >= 15 is 0 Å². The van der Waals surface area contributed by atoms with Crippen LogP contribution in [0.2, 0.25) is 0 Å². The molecule has 0 spiro atoms. The van der Waals surface area contributed by atoms with Crippen molar-refractivity contribution in [3.63, 3.8) is 0 Å². The van der Waals surface area contributed by atoms with Gasteiger partial charge in [-0.15, -0.1) is 0 Å². The van der Waals surface area contributed by atoms with E-state index in [0.717, 1.165) is 31.1 Å². The van der Waals surface area contributed by atoms with Crippen molar-refractivity contribution in [1.29, 1.82) is 0 Å². The Balaban J connectivity index is 1.77. The maximum absolute atomic E-state index is 12.2. The van der Waals surface area contributed by atoms with Crippen LogP contribution < -0.4 is 5.43 Å². The fraction of sp³-hybridized carbons (Fsp3) is 0.812. The molecule has 0 unspecified atom stereocenters. The van der Waals surface area contributed by atoms with Crippen molar-refractivity contribution in [1.82, 2.24) is 20.2 Å². The van der Waals surface area contributed by atoms with Gasteiger partial charge in [0.05, 0.1) is 0 Å². The third-order valence-corrected chi connectivity index (χ3v) is 3.99. The molecule has 2 rings (SSSR count). The molecule has 4 amide bonds. The zero-order valence-corrected chi connectivity index (χ0v) is 14.8. The third kappa shape index (κ3) is 5.36. The van der Waals surface area contributed by atoms with Gasteiger partial charge in [0.15, 0.2) is 0 Å². The van der Waals surface area contributed by atoms with Gasteiger partial charge in [-0.2, -0.15) is 5.01 Å². The van der Waals surface area contributed by atoms with Crippen LogP contribution in [0.15, 0.2) is 0 Å². The summed E-state index contributed by atoms with van der Waals surface area (Å²) in [6.07, 6.45) is 3.77. The highest BCUT2D eigenvalue weighted by molar-refractivity contribution is 6.02. The molecule has 0 saturated carbocycles. The molecule has 0 radical (unpaired) electrons. The normalized spacial score (nSPS) is 19.8. The van der Waals surface area contributed by atoms with Crippen LogP contribution in [0.25, 0.3) is 0 Å². The van der Waals surface area contributed by atoms with Crippen molar-refractivity contribution in [3.05, 3.63) is 0 Å². The van der Waals surface area contributed by atoms with Crippen LogP contribution in [0.3, 0.4) is 0 Å². The number of rotatable bonds is 5.